The van der Waals surface area contributed by atoms with Gasteiger partial charge < -0.3 is 15.4 Å². The lowest BCUT2D eigenvalue weighted by atomic mass is 9.93. The minimum atomic E-state index is 0.0744. The van der Waals surface area contributed by atoms with Crippen LogP contribution < -0.4 is 10.6 Å². The van der Waals surface area contributed by atoms with Crippen LogP contribution >= 0.6 is 0 Å². The van der Waals surface area contributed by atoms with Crippen molar-refractivity contribution in [3.63, 3.8) is 0 Å². The fourth-order valence-corrected chi connectivity index (χ4v) is 3.61. The predicted octanol–water partition coefficient (Wildman–Crippen LogP) is 0.670. The Hall–Kier alpha value is -0.610. The molecule has 0 aromatic heterocycles. The molecule has 1 saturated carbocycles. The van der Waals surface area contributed by atoms with E-state index in [2.05, 4.69) is 10.6 Å². The number of carbonyl (C=O) groups is 1. The summed E-state index contributed by atoms with van der Waals surface area (Å²) in [5, 5.41) is 6.60. The van der Waals surface area contributed by atoms with Crippen LogP contribution in [0.4, 0.5) is 0 Å². The molecule has 0 radical (unpaired) electrons. The summed E-state index contributed by atoms with van der Waals surface area (Å²) in [7, 11) is 0. The molecule has 1 amide bonds. The quantitative estimate of drug-likeness (QED) is 0.743. The maximum absolute atomic E-state index is 12.2. The van der Waals surface area contributed by atoms with Gasteiger partial charge in [-0.3, -0.25) is 4.79 Å². The molecule has 3 aliphatic rings. The first-order valence-electron chi connectivity index (χ1n) is 6.96. The summed E-state index contributed by atoms with van der Waals surface area (Å²) >= 11 is 0. The summed E-state index contributed by atoms with van der Waals surface area (Å²) in [6, 6.07) is 0.406. The van der Waals surface area contributed by atoms with Crippen molar-refractivity contribution in [2.75, 3.05) is 19.8 Å². The Labute approximate surface area is 102 Å². The molecule has 17 heavy (non-hydrogen) atoms. The molecule has 3 rings (SSSR count). The highest BCUT2D eigenvalue weighted by molar-refractivity contribution is 5.82. The Morgan fingerprint density at radius 2 is 2.00 bits per heavy atom. The minimum absolute atomic E-state index is 0.0744. The van der Waals surface area contributed by atoms with Crippen LogP contribution in [-0.4, -0.2) is 37.7 Å². The zero-order chi connectivity index (χ0) is 11.7. The topological polar surface area (TPSA) is 50.4 Å². The maximum atomic E-state index is 12.2. The predicted molar refractivity (Wildman–Crippen MR) is 64.6 cm³/mol. The molecular weight excluding hydrogens is 216 g/mol. The summed E-state index contributed by atoms with van der Waals surface area (Å²) in [5.74, 6) is 1.57. The van der Waals surface area contributed by atoms with Crippen LogP contribution in [0.1, 0.15) is 32.1 Å². The molecule has 3 atom stereocenters. The van der Waals surface area contributed by atoms with Crippen LogP contribution in [0.25, 0.3) is 0 Å². The summed E-state index contributed by atoms with van der Waals surface area (Å²) < 4.78 is 5.31. The number of fused-ring (bicyclic) bond motifs is 1. The minimum Gasteiger partial charge on any atom is -0.381 e. The van der Waals surface area contributed by atoms with Gasteiger partial charge in [-0.15, -0.1) is 0 Å². The van der Waals surface area contributed by atoms with Gasteiger partial charge in [0, 0.05) is 19.3 Å². The monoisotopic (exact) mass is 238 g/mol. The van der Waals surface area contributed by atoms with Crippen molar-refractivity contribution < 1.29 is 9.53 Å². The van der Waals surface area contributed by atoms with Gasteiger partial charge in [0.15, 0.2) is 0 Å². The molecule has 4 nitrogen and oxygen atoms in total. The second-order valence-electron chi connectivity index (χ2n) is 5.64. The average molecular weight is 238 g/mol. The molecule has 0 aromatic carbocycles. The SMILES string of the molecule is O=C(NC1CCOCC1)C1NCC2CCCC21. The van der Waals surface area contributed by atoms with E-state index in [1.807, 2.05) is 0 Å². The van der Waals surface area contributed by atoms with Gasteiger partial charge in [-0.05, 0) is 44.1 Å². The van der Waals surface area contributed by atoms with Gasteiger partial charge in [-0.1, -0.05) is 6.42 Å². The van der Waals surface area contributed by atoms with Gasteiger partial charge in [0.05, 0.1) is 6.04 Å². The number of hydrogen-bond donors (Lipinski definition) is 2. The first-order chi connectivity index (χ1) is 8.34. The fourth-order valence-electron chi connectivity index (χ4n) is 3.61. The molecule has 4 heteroatoms. The van der Waals surface area contributed by atoms with Crippen LogP contribution in [0.3, 0.4) is 0 Å². The zero-order valence-electron chi connectivity index (χ0n) is 10.3. The Morgan fingerprint density at radius 1 is 1.18 bits per heavy atom. The largest absolute Gasteiger partial charge is 0.381 e. The standard InChI is InChI=1S/C13H22N2O2/c16-13(15-10-4-6-17-7-5-10)12-11-3-1-2-9(11)8-14-12/h9-12,14H,1-8H2,(H,15,16). The first kappa shape index (κ1) is 11.5. The van der Waals surface area contributed by atoms with Crippen LogP contribution in [0.5, 0.6) is 0 Å². The molecule has 2 aliphatic heterocycles. The zero-order valence-corrected chi connectivity index (χ0v) is 10.3. The van der Waals surface area contributed by atoms with E-state index in [0.29, 0.717) is 12.0 Å². The summed E-state index contributed by atoms with van der Waals surface area (Å²) in [6.07, 6.45) is 5.76. The molecule has 3 unspecified atom stereocenters. The number of ether oxygens (including phenoxy) is 1. The van der Waals surface area contributed by atoms with E-state index in [0.717, 1.165) is 38.5 Å². The Bertz CT molecular complexity index is 289. The number of nitrogens with one attached hydrogen (secondary N) is 2. The lowest BCUT2D eigenvalue weighted by Crippen LogP contribution is -2.49. The van der Waals surface area contributed by atoms with Crippen molar-refractivity contribution >= 4 is 5.91 Å². The van der Waals surface area contributed by atoms with E-state index in [4.69, 9.17) is 4.74 Å². The number of carbonyl (C=O) groups excluding carboxylic acids is 1. The highest BCUT2D eigenvalue weighted by Crippen LogP contribution is 2.37. The number of hydrogen-bond acceptors (Lipinski definition) is 3. The van der Waals surface area contributed by atoms with Crippen molar-refractivity contribution in [3.8, 4) is 0 Å². The van der Waals surface area contributed by atoms with Gasteiger partial charge in [0.2, 0.25) is 5.91 Å². The van der Waals surface area contributed by atoms with E-state index >= 15 is 0 Å². The molecule has 2 heterocycles. The molecule has 3 fully saturated rings. The van der Waals surface area contributed by atoms with E-state index < -0.39 is 0 Å². The Kier molecular flexibility index (Phi) is 3.34. The van der Waals surface area contributed by atoms with E-state index in [-0.39, 0.29) is 11.9 Å². The molecule has 0 aromatic rings. The van der Waals surface area contributed by atoms with Gasteiger partial charge in [0.25, 0.3) is 0 Å². The first-order valence-corrected chi connectivity index (χ1v) is 6.96. The van der Waals surface area contributed by atoms with Crippen LogP contribution in [0.2, 0.25) is 0 Å². The number of amides is 1. The summed E-state index contributed by atoms with van der Waals surface area (Å²) in [4.78, 5) is 12.2. The van der Waals surface area contributed by atoms with Gasteiger partial charge in [-0.2, -0.15) is 0 Å². The lowest BCUT2D eigenvalue weighted by Gasteiger charge is -2.26. The molecule has 1 aliphatic carbocycles. The van der Waals surface area contributed by atoms with Crippen LogP contribution in [0, 0.1) is 11.8 Å². The van der Waals surface area contributed by atoms with Gasteiger partial charge in [-0.25, -0.2) is 0 Å². The third-order valence-corrected chi connectivity index (χ3v) is 4.60. The third kappa shape index (κ3) is 2.33. The van der Waals surface area contributed by atoms with E-state index in [1.54, 1.807) is 0 Å². The summed E-state index contributed by atoms with van der Waals surface area (Å²) in [6.45, 7) is 2.61. The fraction of sp³-hybridized carbons (Fsp3) is 0.923. The smallest absolute Gasteiger partial charge is 0.237 e. The molecule has 2 saturated heterocycles. The highest BCUT2D eigenvalue weighted by Gasteiger charge is 2.42. The second-order valence-corrected chi connectivity index (χ2v) is 5.64. The van der Waals surface area contributed by atoms with E-state index in [1.165, 1.54) is 19.3 Å². The Morgan fingerprint density at radius 3 is 2.82 bits per heavy atom. The molecule has 96 valence electrons. The highest BCUT2D eigenvalue weighted by atomic mass is 16.5. The molecule has 0 bridgehead atoms. The van der Waals surface area contributed by atoms with Crippen molar-refractivity contribution in [3.05, 3.63) is 0 Å². The average Bonchev–Trinajstić information content (AvgIpc) is 2.91. The molecule has 0 spiro atoms. The van der Waals surface area contributed by atoms with Crippen LogP contribution in [-0.2, 0) is 9.53 Å². The van der Waals surface area contributed by atoms with Crippen molar-refractivity contribution in [1.29, 1.82) is 0 Å². The van der Waals surface area contributed by atoms with E-state index in [9.17, 15) is 4.79 Å². The maximum Gasteiger partial charge on any atom is 0.237 e. The lowest BCUT2D eigenvalue weighted by molar-refractivity contribution is -0.125. The van der Waals surface area contributed by atoms with Crippen LogP contribution in [0.15, 0.2) is 0 Å². The van der Waals surface area contributed by atoms with Crippen molar-refractivity contribution in [2.45, 2.75) is 44.2 Å². The Balaban J connectivity index is 1.55. The summed E-state index contributed by atoms with van der Waals surface area (Å²) in [5.41, 5.74) is 0. The number of rotatable bonds is 2. The molecule has 2 N–H and O–H groups in total. The third-order valence-electron chi connectivity index (χ3n) is 4.60. The second kappa shape index (κ2) is 4.94. The van der Waals surface area contributed by atoms with Crippen molar-refractivity contribution in [1.82, 2.24) is 10.6 Å². The van der Waals surface area contributed by atoms with Crippen molar-refractivity contribution in [2.24, 2.45) is 11.8 Å². The van der Waals surface area contributed by atoms with Gasteiger partial charge in [0.1, 0.15) is 0 Å². The normalized spacial score (nSPS) is 38.0. The van der Waals surface area contributed by atoms with Gasteiger partial charge >= 0.3 is 0 Å². The molecular formula is C13H22N2O2.